The lowest BCUT2D eigenvalue weighted by atomic mass is 10.2. The van der Waals surface area contributed by atoms with Gasteiger partial charge in [-0.1, -0.05) is 6.92 Å². The summed E-state index contributed by atoms with van der Waals surface area (Å²) in [5.74, 6) is 1.72. The molecule has 0 aliphatic rings. The van der Waals surface area contributed by atoms with Crippen LogP contribution in [-0.2, 0) is 11.3 Å². The molecule has 0 spiro atoms. The summed E-state index contributed by atoms with van der Waals surface area (Å²) in [7, 11) is 3.35. The number of rotatable bonds is 8. The second-order valence-electron chi connectivity index (χ2n) is 4.11. The van der Waals surface area contributed by atoms with E-state index in [1.807, 2.05) is 25.1 Å². The van der Waals surface area contributed by atoms with Crippen molar-refractivity contribution in [1.29, 1.82) is 0 Å². The third-order valence-corrected chi connectivity index (χ3v) is 2.71. The van der Waals surface area contributed by atoms with Crippen LogP contribution in [0.1, 0.15) is 19.4 Å². The van der Waals surface area contributed by atoms with Gasteiger partial charge in [0.2, 0.25) is 0 Å². The van der Waals surface area contributed by atoms with Gasteiger partial charge in [0.1, 0.15) is 18.1 Å². The zero-order chi connectivity index (χ0) is 13.4. The smallest absolute Gasteiger partial charge is 0.124 e. The Hall–Kier alpha value is -1.26. The molecule has 4 heteroatoms. The van der Waals surface area contributed by atoms with Crippen LogP contribution in [0.2, 0.25) is 0 Å². The van der Waals surface area contributed by atoms with Crippen molar-refractivity contribution in [1.82, 2.24) is 5.32 Å². The van der Waals surface area contributed by atoms with Crippen LogP contribution in [0.4, 0.5) is 0 Å². The monoisotopic (exact) mass is 253 g/mol. The van der Waals surface area contributed by atoms with Crippen LogP contribution in [0.3, 0.4) is 0 Å². The van der Waals surface area contributed by atoms with Gasteiger partial charge in [0.15, 0.2) is 0 Å². The highest BCUT2D eigenvalue weighted by atomic mass is 16.5. The van der Waals surface area contributed by atoms with Gasteiger partial charge in [-0.2, -0.15) is 0 Å². The zero-order valence-corrected chi connectivity index (χ0v) is 11.7. The Labute approximate surface area is 109 Å². The van der Waals surface area contributed by atoms with Crippen molar-refractivity contribution in [3.05, 3.63) is 23.8 Å². The minimum Gasteiger partial charge on any atom is -0.497 e. The highest BCUT2D eigenvalue weighted by molar-refractivity contribution is 5.40. The Kier molecular flexibility index (Phi) is 6.54. The number of nitrogens with one attached hydrogen (secondary N) is 1. The van der Waals surface area contributed by atoms with Gasteiger partial charge in [0, 0.05) is 19.2 Å². The molecule has 1 aromatic rings. The molecule has 0 saturated carbocycles. The average Bonchev–Trinajstić information content (AvgIpc) is 2.42. The van der Waals surface area contributed by atoms with E-state index >= 15 is 0 Å². The Bertz CT molecular complexity index is 355. The fourth-order valence-corrected chi connectivity index (χ4v) is 1.50. The number of ether oxygens (including phenoxy) is 3. The number of hydrogen-bond donors (Lipinski definition) is 1. The Morgan fingerprint density at radius 2 is 2.06 bits per heavy atom. The molecule has 1 rings (SSSR count). The van der Waals surface area contributed by atoms with Crippen molar-refractivity contribution in [2.45, 2.75) is 26.5 Å². The van der Waals surface area contributed by atoms with E-state index in [1.165, 1.54) is 0 Å². The molecule has 1 aromatic carbocycles. The van der Waals surface area contributed by atoms with E-state index < -0.39 is 0 Å². The summed E-state index contributed by atoms with van der Waals surface area (Å²) in [6, 6.07) is 5.84. The van der Waals surface area contributed by atoms with Crippen molar-refractivity contribution >= 4 is 0 Å². The lowest BCUT2D eigenvalue weighted by Crippen LogP contribution is -2.18. The van der Waals surface area contributed by atoms with Crippen LogP contribution in [0, 0.1) is 0 Å². The largest absolute Gasteiger partial charge is 0.497 e. The number of benzene rings is 1. The molecule has 102 valence electrons. The first-order valence-corrected chi connectivity index (χ1v) is 6.24. The van der Waals surface area contributed by atoms with Crippen molar-refractivity contribution in [3.8, 4) is 11.5 Å². The van der Waals surface area contributed by atoms with Crippen molar-refractivity contribution in [2.24, 2.45) is 0 Å². The molecule has 18 heavy (non-hydrogen) atoms. The molecule has 0 bridgehead atoms. The summed E-state index contributed by atoms with van der Waals surface area (Å²) in [5.41, 5.74) is 1.10. The van der Waals surface area contributed by atoms with Crippen molar-refractivity contribution in [3.63, 3.8) is 0 Å². The minimum atomic E-state index is 0.0825. The summed E-state index contributed by atoms with van der Waals surface area (Å²) >= 11 is 0. The molecule has 0 radical (unpaired) electrons. The Balaban J connectivity index is 2.74. The molecule has 1 N–H and O–H groups in total. The van der Waals surface area contributed by atoms with E-state index in [9.17, 15) is 0 Å². The van der Waals surface area contributed by atoms with Crippen LogP contribution in [0.15, 0.2) is 18.2 Å². The summed E-state index contributed by atoms with van der Waals surface area (Å²) in [6.07, 6.45) is 0.0825. The number of methoxy groups -OCH3 is 2. The van der Waals surface area contributed by atoms with Crippen LogP contribution in [0.5, 0.6) is 11.5 Å². The standard InChI is InChI=1S/C14H23NO3/c1-5-15-9-12-8-13(17-4)6-7-14(12)18-10-11(2)16-3/h6-8,11,15H,5,9-10H2,1-4H3. The minimum absolute atomic E-state index is 0.0825. The topological polar surface area (TPSA) is 39.7 Å². The van der Waals surface area contributed by atoms with Gasteiger partial charge in [-0.15, -0.1) is 0 Å². The molecular formula is C14H23NO3. The summed E-state index contributed by atoms with van der Waals surface area (Å²) in [5, 5.41) is 3.29. The van der Waals surface area contributed by atoms with Gasteiger partial charge in [0.25, 0.3) is 0 Å². The molecule has 1 atom stereocenters. The van der Waals surface area contributed by atoms with Gasteiger partial charge in [0.05, 0.1) is 13.2 Å². The summed E-state index contributed by atoms with van der Waals surface area (Å²) in [4.78, 5) is 0. The van der Waals surface area contributed by atoms with E-state index in [0.29, 0.717) is 6.61 Å². The first kappa shape index (κ1) is 14.8. The van der Waals surface area contributed by atoms with Crippen LogP contribution in [-0.4, -0.2) is 33.5 Å². The van der Waals surface area contributed by atoms with Crippen molar-refractivity contribution < 1.29 is 14.2 Å². The molecule has 0 aromatic heterocycles. The molecule has 0 fully saturated rings. The molecule has 0 saturated heterocycles. The molecule has 1 unspecified atom stereocenters. The third-order valence-electron chi connectivity index (χ3n) is 2.71. The van der Waals surface area contributed by atoms with Crippen LogP contribution < -0.4 is 14.8 Å². The number of hydrogen-bond acceptors (Lipinski definition) is 4. The predicted octanol–water partition coefficient (Wildman–Crippen LogP) is 2.22. The first-order chi connectivity index (χ1) is 8.71. The predicted molar refractivity (Wildman–Crippen MR) is 72.3 cm³/mol. The lowest BCUT2D eigenvalue weighted by Gasteiger charge is -2.15. The fourth-order valence-electron chi connectivity index (χ4n) is 1.50. The fraction of sp³-hybridized carbons (Fsp3) is 0.571. The molecule has 4 nitrogen and oxygen atoms in total. The van der Waals surface area contributed by atoms with E-state index in [1.54, 1.807) is 14.2 Å². The van der Waals surface area contributed by atoms with Gasteiger partial charge in [-0.3, -0.25) is 0 Å². The van der Waals surface area contributed by atoms with E-state index in [0.717, 1.165) is 30.2 Å². The molecule has 0 aliphatic carbocycles. The van der Waals surface area contributed by atoms with Crippen molar-refractivity contribution in [2.75, 3.05) is 27.4 Å². The van der Waals surface area contributed by atoms with Gasteiger partial charge < -0.3 is 19.5 Å². The average molecular weight is 253 g/mol. The Morgan fingerprint density at radius 1 is 1.28 bits per heavy atom. The highest BCUT2D eigenvalue weighted by Gasteiger charge is 2.07. The summed E-state index contributed by atoms with van der Waals surface area (Å²) < 4.78 is 16.2. The molecule has 0 aliphatic heterocycles. The van der Waals surface area contributed by atoms with Crippen LogP contribution >= 0.6 is 0 Å². The second kappa shape index (κ2) is 7.95. The molecule has 0 amide bonds. The van der Waals surface area contributed by atoms with Gasteiger partial charge in [-0.05, 0) is 31.7 Å². The van der Waals surface area contributed by atoms with Gasteiger partial charge in [-0.25, -0.2) is 0 Å². The quantitative estimate of drug-likeness (QED) is 0.771. The highest BCUT2D eigenvalue weighted by Crippen LogP contribution is 2.24. The normalized spacial score (nSPS) is 12.2. The SMILES string of the molecule is CCNCc1cc(OC)ccc1OCC(C)OC. The summed E-state index contributed by atoms with van der Waals surface area (Å²) in [6.45, 7) is 6.29. The maximum atomic E-state index is 5.77. The zero-order valence-electron chi connectivity index (χ0n) is 11.7. The Morgan fingerprint density at radius 3 is 2.67 bits per heavy atom. The molecular weight excluding hydrogens is 230 g/mol. The molecule has 0 heterocycles. The second-order valence-corrected chi connectivity index (χ2v) is 4.11. The first-order valence-electron chi connectivity index (χ1n) is 6.24. The maximum absolute atomic E-state index is 5.77. The van der Waals surface area contributed by atoms with Gasteiger partial charge >= 0.3 is 0 Å². The lowest BCUT2D eigenvalue weighted by molar-refractivity contribution is 0.0712. The maximum Gasteiger partial charge on any atom is 0.124 e. The van der Waals surface area contributed by atoms with E-state index in [-0.39, 0.29) is 6.10 Å². The van der Waals surface area contributed by atoms with Crippen LogP contribution in [0.25, 0.3) is 0 Å². The van der Waals surface area contributed by atoms with E-state index in [2.05, 4.69) is 12.2 Å². The third kappa shape index (κ3) is 4.55. The van der Waals surface area contributed by atoms with E-state index in [4.69, 9.17) is 14.2 Å².